The lowest BCUT2D eigenvalue weighted by Crippen LogP contribution is -2.30. The SMILES string of the molecule is CC/C=C\C/C=C\C/C=C\C/C=C\C/C=C\C/C=C\CCCCCCCCCCCCCCC(=O)OCC(COC(=O)CCCCCCC/C=C\CCCCCC)OC(=O)CCCC/C=C\C/C=C\C/C=C\C/C=C\CC. The van der Waals surface area contributed by atoms with Gasteiger partial charge in [-0.15, -0.1) is 0 Å². The zero-order valence-electron chi connectivity index (χ0n) is 49.9. The fourth-order valence-corrected chi connectivity index (χ4v) is 8.43. The van der Waals surface area contributed by atoms with Crippen LogP contribution in [0.2, 0.25) is 0 Å². The van der Waals surface area contributed by atoms with Gasteiger partial charge in [0.05, 0.1) is 0 Å². The van der Waals surface area contributed by atoms with Gasteiger partial charge in [-0.3, -0.25) is 14.4 Å². The van der Waals surface area contributed by atoms with Gasteiger partial charge in [-0.1, -0.05) is 257 Å². The number of rotatable bonds is 56. The molecule has 0 heterocycles. The first-order valence-electron chi connectivity index (χ1n) is 31.7. The summed E-state index contributed by atoms with van der Waals surface area (Å²) in [5.41, 5.74) is 0. The molecular formula is C71H116O6. The highest BCUT2D eigenvalue weighted by atomic mass is 16.6. The van der Waals surface area contributed by atoms with E-state index in [2.05, 4.69) is 154 Å². The Balaban J connectivity index is 4.28. The average molecular weight is 1070 g/mol. The Bertz CT molecular complexity index is 1650. The van der Waals surface area contributed by atoms with Crippen molar-refractivity contribution in [2.24, 2.45) is 0 Å². The second-order valence-electron chi connectivity index (χ2n) is 20.5. The topological polar surface area (TPSA) is 78.9 Å². The van der Waals surface area contributed by atoms with Crippen LogP contribution in [0.5, 0.6) is 0 Å². The molecule has 0 aromatic carbocycles. The van der Waals surface area contributed by atoms with Crippen molar-refractivity contribution in [2.45, 2.75) is 284 Å². The van der Waals surface area contributed by atoms with Crippen LogP contribution in [-0.4, -0.2) is 37.2 Å². The van der Waals surface area contributed by atoms with Crippen molar-refractivity contribution in [3.05, 3.63) is 134 Å². The normalized spacial score (nSPS) is 13.0. The molecule has 0 rings (SSSR count). The minimum Gasteiger partial charge on any atom is -0.462 e. The third-order valence-corrected chi connectivity index (χ3v) is 13.1. The molecule has 0 radical (unpaired) electrons. The van der Waals surface area contributed by atoms with E-state index in [1.807, 2.05) is 0 Å². The fourth-order valence-electron chi connectivity index (χ4n) is 8.43. The van der Waals surface area contributed by atoms with E-state index in [-0.39, 0.29) is 37.5 Å². The summed E-state index contributed by atoms with van der Waals surface area (Å²) in [6, 6.07) is 0. The van der Waals surface area contributed by atoms with Crippen molar-refractivity contribution in [1.29, 1.82) is 0 Å². The number of hydrogen-bond acceptors (Lipinski definition) is 6. The van der Waals surface area contributed by atoms with Gasteiger partial charge in [-0.2, -0.15) is 0 Å². The molecule has 0 fully saturated rings. The number of allylic oxidation sites excluding steroid dienone is 22. The largest absolute Gasteiger partial charge is 0.462 e. The lowest BCUT2D eigenvalue weighted by Gasteiger charge is -2.18. The van der Waals surface area contributed by atoms with E-state index in [1.54, 1.807) is 0 Å². The highest BCUT2D eigenvalue weighted by Crippen LogP contribution is 2.15. The van der Waals surface area contributed by atoms with Gasteiger partial charge in [0, 0.05) is 19.3 Å². The third kappa shape index (κ3) is 62.3. The summed E-state index contributed by atoms with van der Waals surface area (Å²) in [5.74, 6) is -0.953. The van der Waals surface area contributed by atoms with E-state index in [0.717, 1.165) is 128 Å². The Morgan fingerprint density at radius 2 is 0.506 bits per heavy atom. The maximum atomic E-state index is 12.9. The van der Waals surface area contributed by atoms with Gasteiger partial charge in [-0.05, 0) is 135 Å². The first-order chi connectivity index (χ1) is 38.0. The molecule has 0 aromatic heterocycles. The molecule has 0 saturated heterocycles. The minimum absolute atomic E-state index is 0.101. The van der Waals surface area contributed by atoms with Crippen LogP contribution in [0.4, 0.5) is 0 Å². The molecule has 6 heteroatoms. The van der Waals surface area contributed by atoms with Crippen LogP contribution in [0.15, 0.2) is 134 Å². The molecule has 0 N–H and O–H groups in total. The fraction of sp³-hybridized carbons (Fsp3) is 0.648. The number of hydrogen-bond donors (Lipinski definition) is 0. The van der Waals surface area contributed by atoms with Crippen LogP contribution in [0.1, 0.15) is 278 Å². The van der Waals surface area contributed by atoms with Gasteiger partial charge < -0.3 is 14.2 Å². The van der Waals surface area contributed by atoms with Crippen LogP contribution in [0.25, 0.3) is 0 Å². The molecule has 6 nitrogen and oxygen atoms in total. The average Bonchev–Trinajstić information content (AvgIpc) is 3.43. The van der Waals surface area contributed by atoms with E-state index in [1.165, 1.54) is 103 Å². The van der Waals surface area contributed by atoms with Gasteiger partial charge in [-0.25, -0.2) is 0 Å². The molecular weight excluding hydrogens is 949 g/mol. The Hall–Kier alpha value is -4.45. The van der Waals surface area contributed by atoms with E-state index in [4.69, 9.17) is 14.2 Å². The maximum absolute atomic E-state index is 12.9. The molecule has 0 amide bonds. The van der Waals surface area contributed by atoms with Crippen molar-refractivity contribution in [3.8, 4) is 0 Å². The predicted octanol–water partition coefficient (Wildman–Crippen LogP) is 21.8. The summed E-state index contributed by atoms with van der Waals surface area (Å²) in [6.45, 7) is 6.35. The Morgan fingerprint density at radius 1 is 0.273 bits per heavy atom. The molecule has 77 heavy (non-hydrogen) atoms. The summed E-state index contributed by atoms with van der Waals surface area (Å²) >= 11 is 0. The predicted molar refractivity (Wildman–Crippen MR) is 334 cm³/mol. The van der Waals surface area contributed by atoms with Crippen LogP contribution in [0, 0.1) is 0 Å². The highest BCUT2D eigenvalue weighted by molar-refractivity contribution is 5.71. The van der Waals surface area contributed by atoms with Gasteiger partial charge in [0.2, 0.25) is 0 Å². The molecule has 0 spiro atoms. The molecule has 1 atom stereocenters. The van der Waals surface area contributed by atoms with Crippen molar-refractivity contribution >= 4 is 17.9 Å². The van der Waals surface area contributed by atoms with Gasteiger partial charge in [0.25, 0.3) is 0 Å². The quantitative estimate of drug-likeness (QED) is 0.0261. The lowest BCUT2D eigenvalue weighted by atomic mass is 10.0. The summed E-state index contributed by atoms with van der Waals surface area (Å²) in [6.07, 6.45) is 90.4. The zero-order chi connectivity index (χ0) is 55.7. The first-order valence-corrected chi connectivity index (χ1v) is 31.7. The minimum atomic E-state index is -0.808. The van der Waals surface area contributed by atoms with E-state index in [0.29, 0.717) is 19.3 Å². The van der Waals surface area contributed by atoms with E-state index < -0.39 is 6.10 Å². The van der Waals surface area contributed by atoms with Gasteiger partial charge >= 0.3 is 17.9 Å². The molecule has 436 valence electrons. The molecule has 0 aliphatic rings. The van der Waals surface area contributed by atoms with E-state index >= 15 is 0 Å². The van der Waals surface area contributed by atoms with Crippen molar-refractivity contribution in [2.75, 3.05) is 13.2 Å². The van der Waals surface area contributed by atoms with Gasteiger partial charge in [0.1, 0.15) is 13.2 Å². The molecule has 0 saturated carbocycles. The second kappa shape index (κ2) is 64.1. The summed E-state index contributed by atoms with van der Waals surface area (Å²) in [7, 11) is 0. The van der Waals surface area contributed by atoms with Crippen LogP contribution in [-0.2, 0) is 28.6 Å². The van der Waals surface area contributed by atoms with Crippen LogP contribution < -0.4 is 0 Å². The molecule has 0 aromatic rings. The Labute approximate surface area is 475 Å². The first kappa shape index (κ1) is 72.5. The Morgan fingerprint density at radius 3 is 0.831 bits per heavy atom. The number of carbonyl (C=O) groups excluding carboxylic acids is 3. The number of esters is 3. The molecule has 0 aliphatic carbocycles. The summed E-state index contributed by atoms with van der Waals surface area (Å²) in [4.78, 5) is 38.2. The molecule has 0 aliphatic heterocycles. The highest BCUT2D eigenvalue weighted by Gasteiger charge is 2.19. The third-order valence-electron chi connectivity index (χ3n) is 13.1. The van der Waals surface area contributed by atoms with Crippen LogP contribution in [0.3, 0.4) is 0 Å². The van der Waals surface area contributed by atoms with Crippen molar-refractivity contribution < 1.29 is 28.6 Å². The monoisotopic (exact) mass is 1060 g/mol. The molecule has 0 bridgehead atoms. The maximum Gasteiger partial charge on any atom is 0.306 e. The van der Waals surface area contributed by atoms with Crippen molar-refractivity contribution in [3.63, 3.8) is 0 Å². The lowest BCUT2D eigenvalue weighted by molar-refractivity contribution is -0.167. The zero-order valence-corrected chi connectivity index (χ0v) is 49.9. The van der Waals surface area contributed by atoms with Gasteiger partial charge in [0.15, 0.2) is 6.10 Å². The standard InChI is InChI=1S/C71H116O6/c1-4-7-10-13-16-19-22-25-27-28-29-30-31-32-33-34-35-36-37-38-39-40-41-42-44-46-49-52-55-58-61-64-70(73)76-67-68(66-75-69(72)63-60-57-54-51-48-45-24-21-18-15-12-9-6-3)77-71(74)65-62-59-56-53-50-47-43-26-23-20-17-14-11-8-5-2/h7-8,10-11,16-17,19-21,24-27,29-30,32-33,35-36,43,50,53,68H,4-6,9,12-15,18,22-23,28,31,34,37-42,44-49,51-52,54-67H2,1-3H3/b10-7-,11-8-,19-16-,20-17-,24-21-,27-25-,30-29-,33-32-,36-35-,43-26-,53-50-. The number of carbonyl (C=O) groups is 3. The summed E-state index contributed by atoms with van der Waals surface area (Å²) in [5, 5.41) is 0. The number of unbranched alkanes of at least 4 members (excludes halogenated alkanes) is 23. The smallest absolute Gasteiger partial charge is 0.306 e. The molecule has 1 unspecified atom stereocenters. The Kier molecular flexibility index (Phi) is 60.4. The number of ether oxygens (including phenoxy) is 3. The summed E-state index contributed by atoms with van der Waals surface area (Å²) < 4.78 is 16.8. The second-order valence-corrected chi connectivity index (χ2v) is 20.5. The van der Waals surface area contributed by atoms with Crippen molar-refractivity contribution in [1.82, 2.24) is 0 Å². The van der Waals surface area contributed by atoms with E-state index in [9.17, 15) is 14.4 Å². The van der Waals surface area contributed by atoms with Crippen LogP contribution >= 0.6 is 0 Å².